The Morgan fingerprint density at radius 1 is 0.900 bits per heavy atom. The molecule has 0 spiro atoms. The molecule has 3 rings (SSSR count). The zero-order valence-electron chi connectivity index (χ0n) is 11.5. The summed E-state index contributed by atoms with van der Waals surface area (Å²) in [6, 6.07) is 17.7. The summed E-state index contributed by atoms with van der Waals surface area (Å²) in [5.41, 5.74) is 4.67. The van der Waals surface area contributed by atoms with Crippen LogP contribution in [0.2, 0.25) is 0 Å². The average Bonchev–Trinajstić information content (AvgIpc) is 2.77. The molecular weight excluding hydrogens is 248 g/mol. The lowest BCUT2D eigenvalue weighted by atomic mass is 10.0. The first kappa shape index (κ1) is 12.5. The van der Waals surface area contributed by atoms with Gasteiger partial charge in [0, 0.05) is 11.1 Å². The summed E-state index contributed by atoms with van der Waals surface area (Å²) in [4.78, 5) is 0. The van der Waals surface area contributed by atoms with E-state index in [9.17, 15) is 5.11 Å². The first-order valence-corrected chi connectivity index (χ1v) is 6.58. The summed E-state index contributed by atoms with van der Waals surface area (Å²) >= 11 is 0. The number of aryl methyl sites for hydroxylation is 1. The fourth-order valence-corrected chi connectivity index (χ4v) is 2.33. The quantitative estimate of drug-likeness (QED) is 0.763. The van der Waals surface area contributed by atoms with Gasteiger partial charge in [-0.1, -0.05) is 42.5 Å². The highest BCUT2D eigenvalue weighted by Crippen LogP contribution is 2.32. The van der Waals surface area contributed by atoms with E-state index in [1.165, 1.54) is 0 Å². The maximum Gasteiger partial charge on any atom is 0.217 e. The molecule has 1 N–H and O–H groups in total. The van der Waals surface area contributed by atoms with Gasteiger partial charge in [-0.2, -0.15) is 5.10 Å². The lowest BCUT2D eigenvalue weighted by Crippen LogP contribution is -1.95. The van der Waals surface area contributed by atoms with Gasteiger partial charge in [-0.3, -0.25) is 0 Å². The summed E-state index contributed by atoms with van der Waals surface area (Å²) in [6.45, 7) is 3.94. The summed E-state index contributed by atoms with van der Waals surface area (Å²) < 4.78 is 1.58. The zero-order chi connectivity index (χ0) is 14.1. The molecule has 0 aliphatic heterocycles. The normalized spacial score (nSPS) is 10.7. The van der Waals surface area contributed by atoms with Gasteiger partial charge in [-0.15, -0.1) is 0 Å². The molecule has 3 nitrogen and oxygen atoms in total. The van der Waals surface area contributed by atoms with E-state index in [0.717, 1.165) is 28.1 Å². The Morgan fingerprint density at radius 3 is 2.25 bits per heavy atom. The van der Waals surface area contributed by atoms with E-state index in [0.29, 0.717) is 0 Å². The molecule has 0 aliphatic carbocycles. The first-order chi connectivity index (χ1) is 9.68. The number of hydrogen-bond acceptors (Lipinski definition) is 2. The zero-order valence-corrected chi connectivity index (χ0v) is 11.5. The van der Waals surface area contributed by atoms with Crippen molar-refractivity contribution in [3.63, 3.8) is 0 Å². The number of rotatable bonds is 2. The maximum atomic E-state index is 10.3. The third-order valence-electron chi connectivity index (χ3n) is 3.49. The number of para-hydroxylation sites is 1. The minimum Gasteiger partial charge on any atom is -0.493 e. The van der Waals surface area contributed by atoms with Crippen LogP contribution in [0.25, 0.3) is 16.9 Å². The third kappa shape index (κ3) is 1.97. The molecule has 0 bridgehead atoms. The molecule has 0 amide bonds. The van der Waals surface area contributed by atoms with Gasteiger partial charge in [0.05, 0.1) is 11.4 Å². The van der Waals surface area contributed by atoms with Crippen molar-refractivity contribution < 1.29 is 5.11 Å². The predicted molar refractivity (Wildman–Crippen MR) is 80.1 cm³/mol. The predicted octanol–water partition coefficient (Wildman–Crippen LogP) is 3.86. The van der Waals surface area contributed by atoms with Crippen LogP contribution < -0.4 is 0 Å². The van der Waals surface area contributed by atoms with Gasteiger partial charge < -0.3 is 5.11 Å². The smallest absolute Gasteiger partial charge is 0.217 e. The van der Waals surface area contributed by atoms with Crippen LogP contribution in [0.3, 0.4) is 0 Å². The molecular formula is C17H16N2O. The molecule has 0 atom stereocenters. The highest BCUT2D eigenvalue weighted by atomic mass is 16.3. The van der Waals surface area contributed by atoms with Crippen LogP contribution in [0.15, 0.2) is 54.6 Å². The Kier molecular flexibility index (Phi) is 3.03. The van der Waals surface area contributed by atoms with E-state index in [-0.39, 0.29) is 5.88 Å². The fraction of sp³-hybridized carbons (Fsp3) is 0.118. The van der Waals surface area contributed by atoms with E-state index >= 15 is 0 Å². The number of hydrogen-bond donors (Lipinski definition) is 1. The molecule has 0 radical (unpaired) electrons. The van der Waals surface area contributed by atoms with Crippen LogP contribution >= 0.6 is 0 Å². The van der Waals surface area contributed by atoms with Crippen molar-refractivity contribution in [2.75, 3.05) is 0 Å². The average molecular weight is 264 g/mol. The molecule has 3 heteroatoms. The standard InChI is InChI=1S/C17H16N2O/c1-12-8-6-7-11-15(12)16-13(2)17(20)19(18-16)14-9-4-3-5-10-14/h3-11,20H,1-2H3. The molecule has 20 heavy (non-hydrogen) atoms. The molecule has 2 aromatic carbocycles. The van der Waals surface area contributed by atoms with Crippen LogP contribution in [0.5, 0.6) is 5.88 Å². The maximum absolute atomic E-state index is 10.3. The van der Waals surface area contributed by atoms with Crippen molar-refractivity contribution in [1.29, 1.82) is 0 Å². The van der Waals surface area contributed by atoms with Crippen molar-refractivity contribution in [3.05, 3.63) is 65.7 Å². The summed E-state index contributed by atoms with van der Waals surface area (Å²) in [7, 11) is 0. The molecule has 0 saturated heterocycles. The summed E-state index contributed by atoms with van der Waals surface area (Å²) in [5.74, 6) is 0.189. The van der Waals surface area contributed by atoms with E-state index in [1.807, 2.05) is 68.4 Å². The van der Waals surface area contributed by atoms with E-state index in [1.54, 1.807) is 4.68 Å². The van der Waals surface area contributed by atoms with E-state index in [2.05, 4.69) is 5.10 Å². The number of aromatic hydroxyl groups is 1. The van der Waals surface area contributed by atoms with Crippen LogP contribution in [0, 0.1) is 13.8 Å². The Labute approximate surface area is 118 Å². The first-order valence-electron chi connectivity index (χ1n) is 6.58. The van der Waals surface area contributed by atoms with Crippen LogP contribution in [0.4, 0.5) is 0 Å². The van der Waals surface area contributed by atoms with Gasteiger partial charge in [0.2, 0.25) is 5.88 Å². The SMILES string of the molecule is Cc1ccccc1-c1nn(-c2ccccc2)c(O)c1C. The molecule has 0 aliphatic rings. The topological polar surface area (TPSA) is 38.0 Å². The fourth-order valence-electron chi connectivity index (χ4n) is 2.33. The van der Waals surface area contributed by atoms with Crippen LogP contribution in [-0.2, 0) is 0 Å². The molecule has 3 aromatic rings. The largest absolute Gasteiger partial charge is 0.493 e. The molecule has 100 valence electrons. The van der Waals surface area contributed by atoms with E-state index < -0.39 is 0 Å². The highest BCUT2D eigenvalue weighted by molar-refractivity contribution is 5.68. The van der Waals surface area contributed by atoms with Crippen molar-refractivity contribution in [3.8, 4) is 22.8 Å². The number of nitrogens with zero attached hydrogens (tertiary/aromatic N) is 2. The minimum absolute atomic E-state index is 0.189. The van der Waals surface area contributed by atoms with Gasteiger partial charge in [-0.25, -0.2) is 4.68 Å². The van der Waals surface area contributed by atoms with Crippen molar-refractivity contribution >= 4 is 0 Å². The van der Waals surface area contributed by atoms with Gasteiger partial charge in [0.1, 0.15) is 0 Å². The van der Waals surface area contributed by atoms with Crippen molar-refractivity contribution in [2.45, 2.75) is 13.8 Å². The molecule has 0 fully saturated rings. The minimum atomic E-state index is 0.189. The van der Waals surface area contributed by atoms with Crippen molar-refractivity contribution in [1.82, 2.24) is 9.78 Å². The van der Waals surface area contributed by atoms with Gasteiger partial charge >= 0.3 is 0 Å². The second kappa shape index (κ2) is 4.85. The highest BCUT2D eigenvalue weighted by Gasteiger charge is 2.16. The number of benzene rings is 2. The van der Waals surface area contributed by atoms with Crippen LogP contribution in [0.1, 0.15) is 11.1 Å². The summed E-state index contributed by atoms with van der Waals surface area (Å²) in [6.07, 6.45) is 0. The number of aromatic nitrogens is 2. The van der Waals surface area contributed by atoms with Gasteiger partial charge in [-0.05, 0) is 31.5 Å². The Hall–Kier alpha value is -2.55. The monoisotopic (exact) mass is 264 g/mol. The lowest BCUT2D eigenvalue weighted by Gasteiger charge is -2.03. The van der Waals surface area contributed by atoms with Crippen LogP contribution in [-0.4, -0.2) is 14.9 Å². The summed E-state index contributed by atoms with van der Waals surface area (Å²) in [5, 5.41) is 14.9. The third-order valence-corrected chi connectivity index (χ3v) is 3.49. The van der Waals surface area contributed by atoms with Crippen molar-refractivity contribution in [2.24, 2.45) is 0 Å². The molecule has 1 heterocycles. The van der Waals surface area contributed by atoms with E-state index in [4.69, 9.17) is 0 Å². The molecule has 1 aromatic heterocycles. The molecule has 0 saturated carbocycles. The second-order valence-corrected chi connectivity index (χ2v) is 4.86. The second-order valence-electron chi connectivity index (χ2n) is 4.86. The Bertz CT molecular complexity index is 745. The van der Waals surface area contributed by atoms with Gasteiger partial charge in [0.25, 0.3) is 0 Å². The lowest BCUT2D eigenvalue weighted by molar-refractivity contribution is 0.430. The molecule has 0 unspecified atom stereocenters. The van der Waals surface area contributed by atoms with Gasteiger partial charge in [0.15, 0.2) is 0 Å². The Balaban J connectivity index is 2.19. The Morgan fingerprint density at radius 2 is 1.55 bits per heavy atom.